The van der Waals surface area contributed by atoms with Gasteiger partial charge in [-0.05, 0) is 39.5 Å². The maximum atomic E-state index is 12.2. The van der Waals surface area contributed by atoms with Gasteiger partial charge < -0.3 is 21.1 Å². The highest BCUT2D eigenvalue weighted by Crippen LogP contribution is 2.29. The number of pyridine rings is 1. The van der Waals surface area contributed by atoms with Gasteiger partial charge in [-0.1, -0.05) is 0 Å². The smallest absolute Gasteiger partial charge is 0.223 e. The second-order valence-electron chi connectivity index (χ2n) is 7.47. The number of nitrogen functional groups attached to an aromatic ring is 1. The molecule has 9 heteroatoms. The van der Waals surface area contributed by atoms with Crippen molar-refractivity contribution in [1.29, 1.82) is 0 Å². The van der Waals surface area contributed by atoms with Gasteiger partial charge in [0.2, 0.25) is 11.8 Å². The molecule has 2 heterocycles. The van der Waals surface area contributed by atoms with Crippen LogP contribution in [0.2, 0.25) is 0 Å². The average Bonchev–Trinajstić information content (AvgIpc) is 3.18. The number of ether oxygens (including phenoxy) is 1. The van der Waals surface area contributed by atoms with E-state index < -0.39 is 0 Å². The number of hydrogen-bond acceptors (Lipinski definition) is 7. The van der Waals surface area contributed by atoms with Crippen LogP contribution >= 0.6 is 0 Å². The molecule has 1 aliphatic carbocycles. The maximum absolute atomic E-state index is 12.2. The van der Waals surface area contributed by atoms with E-state index in [9.17, 15) is 4.79 Å². The van der Waals surface area contributed by atoms with Crippen LogP contribution in [0.5, 0.6) is 5.88 Å². The van der Waals surface area contributed by atoms with Gasteiger partial charge in [0.05, 0.1) is 24.1 Å². The van der Waals surface area contributed by atoms with E-state index in [0.29, 0.717) is 24.7 Å². The minimum Gasteiger partial charge on any atom is -0.476 e. The lowest BCUT2D eigenvalue weighted by Crippen LogP contribution is -2.38. The summed E-state index contributed by atoms with van der Waals surface area (Å²) < 4.78 is 7.40. The Hall–Kier alpha value is -2.84. The summed E-state index contributed by atoms with van der Waals surface area (Å²) in [5.41, 5.74) is 7.48. The predicted octanol–water partition coefficient (Wildman–Crippen LogP) is 1.83. The Balaban J connectivity index is 1.49. The number of anilines is 2. The molecule has 3 rings (SSSR count). The van der Waals surface area contributed by atoms with Gasteiger partial charge in [-0.25, -0.2) is 14.6 Å². The molecule has 1 aliphatic rings. The molecule has 0 atom stereocenters. The molecular formula is C19H29N7O2. The van der Waals surface area contributed by atoms with Crippen LogP contribution in [0.3, 0.4) is 0 Å². The number of rotatable bonds is 8. The van der Waals surface area contributed by atoms with E-state index in [1.807, 2.05) is 19.9 Å². The lowest BCUT2D eigenvalue weighted by Gasteiger charge is -2.30. The summed E-state index contributed by atoms with van der Waals surface area (Å²) >= 11 is 0. The molecule has 2 aromatic rings. The summed E-state index contributed by atoms with van der Waals surface area (Å²) in [6.07, 6.45) is 8.36. The largest absolute Gasteiger partial charge is 0.476 e. The van der Waals surface area contributed by atoms with Gasteiger partial charge in [0.1, 0.15) is 19.3 Å². The summed E-state index contributed by atoms with van der Waals surface area (Å²) in [6, 6.07) is 2.30. The number of aromatic nitrogens is 4. The number of nitrogens with two attached hydrogens (primary N) is 1. The third-order valence-electron chi connectivity index (χ3n) is 4.84. The second-order valence-corrected chi connectivity index (χ2v) is 7.47. The van der Waals surface area contributed by atoms with Crippen LogP contribution in [0.1, 0.15) is 39.5 Å². The first-order valence-corrected chi connectivity index (χ1v) is 9.79. The molecule has 152 valence electrons. The van der Waals surface area contributed by atoms with Crippen LogP contribution < -0.4 is 21.1 Å². The van der Waals surface area contributed by atoms with Crippen LogP contribution in [0.15, 0.2) is 24.9 Å². The molecule has 1 fully saturated rings. The SMILES string of the molecule is CC(C)NC(=O)C1CCC(Nc2cc(OCCn3cncn3)ncc2N)CC1. The van der Waals surface area contributed by atoms with Crippen molar-refractivity contribution in [2.75, 3.05) is 17.7 Å². The highest BCUT2D eigenvalue weighted by molar-refractivity contribution is 5.79. The normalized spacial score (nSPS) is 19.4. The molecule has 0 unspecified atom stereocenters. The molecule has 1 saturated carbocycles. The standard InChI is InChI=1S/C19H29N7O2/c1-13(2)24-19(27)14-3-5-15(6-4-14)25-17-9-18(22-10-16(17)20)28-8-7-26-12-21-11-23-26/h9-15H,3-8,20H2,1-2H3,(H,22,25)(H,24,27). The Morgan fingerprint density at radius 1 is 1.36 bits per heavy atom. The van der Waals surface area contributed by atoms with Gasteiger partial charge in [0.15, 0.2) is 0 Å². The number of amides is 1. The van der Waals surface area contributed by atoms with Crippen LogP contribution in [0, 0.1) is 5.92 Å². The maximum Gasteiger partial charge on any atom is 0.223 e. The molecule has 1 amide bonds. The first kappa shape index (κ1) is 19.9. The minimum atomic E-state index is 0.103. The van der Waals surface area contributed by atoms with Crippen molar-refractivity contribution >= 4 is 17.3 Å². The second kappa shape index (κ2) is 9.38. The molecule has 0 bridgehead atoms. The number of carbonyl (C=O) groups excluding carboxylic acids is 1. The molecule has 0 radical (unpaired) electrons. The topological polar surface area (TPSA) is 120 Å². The van der Waals surface area contributed by atoms with Crippen molar-refractivity contribution in [1.82, 2.24) is 25.1 Å². The average molecular weight is 387 g/mol. The van der Waals surface area contributed by atoms with E-state index >= 15 is 0 Å². The first-order valence-electron chi connectivity index (χ1n) is 9.79. The van der Waals surface area contributed by atoms with Crippen molar-refractivity contribution in [3.63, 3.8) is 0 Å². The Bertz CT molecular complexity index is 756. The Labute approximate surface area is 165 Å². The van der Waals surface area contributed by atoms with E-state index in [2.05, 4.69) is 25.7 Å². The molecule has 28 heavy (non-hydrogen) atoms. The molecular weight excluding hydrogens is 358 g/mol. The fourth-order valence-electron chi connectivity index (χ4n) is 3.36. The van der Waals surface area contributed by atoms with Crippen LogP contribution in [-0.2, 0) is 11.3 Å². The van der Waals surface area contributed by atoms with Gasteiger partial charge >= 0.3 is 0 Å². The molecule has 0 aromatic carbocycles. The monoisotopic (exact) mass is 387 g/mol. The summed E-state index contributed by atoms with van der Waals surface area (Å²) in [5, 5.41) is 10.5. The Kier molecular flexibility index (Phi) is 6.67. The van der Waals surface area contributed by atoms with Crippen molar-refractivity contribution < 1.29 is 9.53 Å². The molecule has 4 N–H and O–H groups in total. The minimum absolute atomic E-state index is 0.103. The molecule has 0 spiro atoms. The zero-order valence-corrected chi connectivity index (χ0v) is 16.5. The molecule has 2 aromatic heterocycles. The summed E-state index contributed by atoms with van der Waals surface area (Å²) in [5.74, 6) is 0.785. The Morgan fingerprint density at radius 3 is 2.82 bits per heavy atom. The van der Waals surface area contributed by atoms with Crippen molar-refractivity contribution in [2.45, 2.75) is 58.2 Å². The zero-order chi connectivity index (χ0) is 19.9. The van der Waals surface area contributed by atoms with Crippen LogP contribution in [0.4, 0.5) is 11.4 Å². The number of carbonyl (C=O) groups is 1. The van der Waals surface area contributed by atoms with Gasteiger partial charge in [-0.3, -0.25) is 4.79 Å². The highest BCUT2D eigenvalue weighted by atomic mass is 16.5. The lowest BCUT2D eigenvalue weighted by atomic mass is 9.85. The van der Waals surface area contributed by atoms with Crippen LogP contribution in [-0.4, -0.2) is 44.3 Å². The third-order valence-corrected chi connectivity index (χ3v) is 4.84. The van der Waals surface area contributed by atoms with Gasteiger partial charge in [0.25, 0.3) is 0 Å². The van der Waals surface area contributed by atoms with E-state index in [1.54, 1.807) is 17.2 Å². The third kappa shape index (κ3) is 5.58. The van der Waals surface area contributed by atoms with Crippen LogP contribution in [0.25, 0.3) is 0 Å². The lowest BCUT2D eigenvalue weighted by molar-refractivity contribution is -0.126. The number of nitrogens with one attached hydrogen (secondary N) is 2. The zero-order valence-electron chi connectivity index (χ0n) is 16.5. The quantitative estimate of drug-likeness (QED) is 0.632. The molecule has 0 saturated heterocycles. The summed E-state index contributed by atoms with van der Waals surface area (Å²) in [7, 11) is 0. The van der Waals surface area contributed by atoms with Gasteiger partial charge in [0, 0.05) is 24.1 Å². The Morgan fingerprint density at radius 2 is 2.14 bits per heavy atom. The van der Waals surface area contributed by atoms with E-state index in [1.165, 1.54) is 6.33 Å². The molecule has 0 aliphatic heterocycles. The van der Waals surface area contributed by atoms with Crippen molar-refractivity contribution in [3.8, 4) is 5.88 Å². The van der Waals surface area contributed by atoms with E-state index in [-0.39, 0.29) is 23.9 Å². The fourth-order valence-corrected chi connectivity index (χ4v) is 3.36. The highest BCUT2D eigenvalue weighted by Gasteiger charge is 2.26. The fraction of sp³-hybridized carbons (Fsp3) is 0.579. The van der Waals surface area contributed by atoms with Crippen molar-refractivity contribution in [2.24, 2.45) is 5.92 Å². The number of hydrogen-bond donors (Lipinski definition) is 3. The van der Waals surface area contributed by atoms with Crippen molar-refractivity contribution in [3.05, 3.63) is 24.9 Å². The van der Waals surface area contributed by atoms with E-state index in [0.717, 1.165) is 31.4 Å². The summed E-state index contributed by atoms with van der Waals surface area (Å²) in [6.45, 7) is 5.01. The summed E-state index contributed by atoms with van der Waals surface area (Å²) in [4.78, 5) is 20.3. The molecule has 9 nitrogen and oxygen atoms in total. The van der Waals surface area contributed by atoms with Gasteiger partial charge in [-0.2, -0.15) is 5.10 Å². The number of nitrogens with zero attached hydrogens (tertiary/aromatic N) is 4. The van der Waals surface area contributed by atoms with Gasteiger partial charge in [-0.15, -0.1) is 0 Å². The van der Waals surface area contributed by atoms with E-state index in [4.69, 9.17) is 10.5 Å². The predicted molar refractivity (Wildman–Crippen MR) is 107 cm³/mol. The first-order chi connectivity index (χ1) is 13.5.